The maximum atomic E-state index is 11.6. The van der Waals surface area contributed by atoms with E-state index in [1.165, 1.54) is 26.4 Å². The average Bonchev–Trinajstić information content (AvgIpc) is 2.34. The summed E-state index contributed by atoms with van der Waals surface area (Å²) in [5.74, 6) is -0.124. The third kappa shape index (κ3) is 4.28. The van der Waals surface area contributed by atoms with Crippen LogP contribution in [0.2, 0.25) is 0 Å². The van der Waals surface area contributed by atoms with Crippen molar-refractivity contribution in [2.45, 2.75) is 58.2 Å². The first-order valence-corrected chi connectivity index (χ1v) is 6.63. The smallest absolute Gasteiger partial charge is 0.322 e. The topological polar surface area (TPSA) is 41.6 Å². The Kier molecular flexibility index (Phi) is 5.92. The van der Waals surface area contributed by atoms with Gasteiger partial charge in [-0.1, -0.05) is 20.3 Å². The first-order chi connectivity index (χ1) is 8.06. The third-order valence-electron chi connectivity index (χ3n) is 3.47. The zero-order chi connectivity index (χ0) is 12.8. The Morgan fingerprint density at radius 1 is 1.41 bits per heavy atom. The van der Waals surface area contributed by atoms with Crippen LogP contribution in [-0.4, -0.2) is 49.2 Å². The Bertz CT molecular complexity index is 244. The van der Waals surface area contributed by atoms with Crippen molar-refractivity contribution in [3.63, 3.8) is 0 Å². The van der Waals surface area contributed by atoms with Gasteiger partial charge in [-0.05, 0) is 26.3 Å². The van der Waals surface area contributed by atoms with E-state index in [-0.39, 0.29) is 12.0 Å². The second-order valence-corrected chi connectivity index (χ2v) is 5.15. The fourth-order valence-corrected chi connectivity index (χ4v) is 2.43. The number of nitrogens with one attached hydrogen (secondary N) is 1. The molecular formula is C13H26N2O2. The lowest BCUT2D eigenvalue weighted by Gasteiger charge is -2.39. The van der Waals surface area contributed by atoms with Crippen molar-refractivity contribution in [1.29, 1.82) is 0 Å². The van der Waals surface area contributed by atoms with E-state index in [1.54, 1.807) is 0 Å². The summed E-state index contributed by atoms with van der Waals surface area (Å²) < 4.78 is 4.84. The molecule has 0 spiro atoms. The number of likely N-dealkylation sites (tertiary alicyclic amines) is 1. The molecule has 4 heteroatoms. The Morgan fingerprint density at radius 2 is 2.12 bits per heavy atom. The first-order valence-electron chi connectivity index (χ1n) is 6.63. The Balaban J connectivity index is 2.55. The predicted octanol–water partition coefficient (Wildman–Crippen LogP) is 1.40. The van der Waals surface area contributed by atoms with Gasteiger partial charge in [-0.2, -0.15) is 0 Å². The summed E-state index contributed by atoms with van der Waals surface area (Å²) in [5.41, 5.74) is 0. The summed E-state index contributed by atoms with van der Waals surface area (Å²) in [6, 6.07) is 0.826. The van der Waals surface area contributed by atoms with Gasteiger partial charge >= 0.3 is 5.97 Å². The third-order valence-corrected chi connectivity index (χ3v) is 3.47. The molecule has 0 bridgehead atoms. The van der Waals surface area contributed by atoms with E-state index < -0.39 is 0 Å². The summed E-state index contributed by atoms with van der Waals surface area (Å²) in [6.07, 6.45) is 3.61. The molecule has 1 aliphatic rings. The fraction of sp³-hybridized carbons (Fsp3) is 0.923. The highest BCUT2D eigenvalue weighted by Crippen LogP contribution is 2.19. The molecule has 1 aliphatic heterocycles. The number of hydrogen-bond donors (Lipinski definition) is 1. The van der Waals surface area contributed by atoms with E-state index in [9.17, 15) is 4.79 Å². The van der Waals surface area contributed by atoms with Gasteiger partial charge < -0.3 is 10.1 Å². The number of esters is 1. The lowest BCUT2D eigenvalue weighted by Crippen LogP contribution is -2.52. The minimum absolute atomic E-state index is 0.124. The number of ether oxygens (including phenoxy) is 1. The molecule has 1 heterocycles. The molecule has 0 amide bonds. The second kappa shape index (κ2) is 6.97. The standard InChI is InChI=1S/C13H26N2O2/c1-10(2)14-9-12-7-5-6-8-15(12)11(3)13(16)17-4/h10-12,14H,5-9H2,1-4H3. The van der Waals surface area contributed by atoms with Crippen LogP contribution in [-0.2, 0) is 9.53 Å². The molecule has 1 N–H and O–H groups in total. The molecule has 2 atom stereocenters. The lowest BCUT2D eigenvalue weighted by molar-refractivity contribution is -0.147. The van der Waals surface area contributed by atoms with Gasteiger partial charge in [0.25, 0.3) is 0 Å². The van der Waals surface area contributed by atoms with Crippen molar-refractivity contribution in [3.05, 3.63) is 0 Å². The van der Waals surface area contributed by atoms with Crippen molar-refractivity contribution in [3.8, 4) is 0 Å². The summed E-state index contributed by atoms with van der Waals surface area (Å²) in [5, 5.41) is 3.46. The highest BCUT2D eigenvalue weighted by molar-refractivity contribution is 5.75. The quantitative estimate of drug-likeness (QED) is 0.740. The van der Waals surface area contributed by atoms with Crippen molar-refractivity contribution in [2.75, 3.05) is 20.2 Å². The summed E-state index contributed by atoms with van der Waals surface area (Å²) in [6.45, 7) is 8.20. The Hall–Kier alpha value is -0.610. The van der Waals surface area contributed by atoms with Gasteiger partial charge in [0, 0.05) is 18.6 Å². The molecule has 0 saturated carbocycles. The van der Waals surface area contributed by atoms with Gasteiger partial charge in [0.1, 0.15) is 6.04 Å². The molecule has 0 aromatic rings. The monoisotopic (exact) mass is 242 g/mol. The SMILES string of the molecule is COC(=O)C(C)N1CCCCC1CNC(C)C. The highest BCUT2D eigenvalue weighted by atomic mass is 16.5. The van der Waals surface area contributed by atoms with Crippen LogP contribution >= 0.6 is 0 Å². The van der Waals surface area contributed by atoms with Gasteiger partial charge in [-0.25, -0.2) is 0 Å². The zero-order valence-electron chi connectivity index (χ0n) is 11.5. The van der Waals surface area contributed by atoms with Gasteiger partial charge in [-0.3, -0.25) is 9.69 Å². The minimum Gasteiger partial charge on any atom is -0.468 e. The van der Waals surface area contributed by atoms with Crippen LogP contribution in [0.15, 0.2) is 0 Å². The Morgan fingerprint density at radius 3 is 2.71 bits per heavy atom. The molecule has 2 unspecified atom stereocenters. The van der Waals surface area contributed by atoms with Gasteiger partial charge in [0.2, 0.25) is 0 Å². The van der Waals surface area contributed by atoms with Crippen LogP contribution in [0.3, 0.4) is 0 Å². The van der Waals surface area contributed by atoms with E-state index >= 15 is 0 Å². The van der Waals surface area contributed by atoms with Crippen LogP contribution in [0.5, 0.6) is 0 Å². The van der Waals surface area contributed by atoms with Crippen LogP contribution in [0.4, 0.5) is 0 Å². The van der Waals surface area contributed by atoms with Gasteiger partial charge in [-0.15, -0.1) is 0 Å². The van der Waals surface area contributed by atoms with Crippen molar-refractivity contribution < 1.29 is 9.53 Å². The second-order valence-electron chi connectivity index (χ2n) is 5.15. The molecule has 0 aromatic heterocycles. The molecule has 0 aliphatic carbocycles. The normalized spacial score (nSPS) is 23.7. The van der Waals surface area contributed by atoms with Crippen LogP contribution < -0.4 is 5.32 Å². The average molecular weight is 242 g/mol. The molecule has 100 valence electrons. The zero-order valence-corrected chi connectivity index (χ0v) is 11.5. The molecule has 1 fully saturated rings. The van der Waals surface area contributed by atoms with Crippen LogP contribution in [0.25, 0.3) is 0 Å². The number of carbonyl (C=O) groups excluding carboxylic acids is 1. The molecular weight excluding hydrogens is 216 g/mol. The van der Waals surface area contributed by atoms with Crippen LogP contribution in [0, 0.1) is 0 Å². The molecule has 4 nitrogen and oxygen atoms in total. The highest BCUT2D eigenvalue weighted by Gasteiger charge is 2.30. The number of carbonyl (C=O) groups is 1. The van der Waals surface area contributed by atoms with Crippen LogP contribution in [0.1, 0.15) is 40.0 Å². The van der Waals surface area contributed by atoms with Gasteiger partial charge in [0.05, 0.1) is 7.11 Å². The molecule has 1 saturated heterocycles. The first kappa shape index (κ1) is 14.5. The van der Waals surface area contributed by atoms with E-state index in [2.05, 4.69) is 24.1 Å². The van der Waals surface area contributed by atoms with E-state index in [1.807, 2.05) is 6.92 Å². The molecule has 0 radical (unpaired) electrons. The molecule has 1 rings (SSSR count). The summed E-state index contributed by atoms with van der Waals surface area (Å²) in [7, 11) is 1.46. The summed E-state index contributed by atoms with van der Waals surface area (Å²) in [4.78, 5) is 13.9. The number of rotatable bonds is 5. The lowest BCUT2D eigenvalue weighted by atomic mass is 9.99. The number of methoxy groups -OCH3 is 1. The van der Waals surface area contributed by atoms with Crippen molar-refractivity contribution in [2.24, 2.45) is 0 Å². The summed E-state index contributed by atoms with van der Waals surface area (Å²) >= 11 is 0. The van der Waals surface area contributed by atoms with E-state index in [0.717, 1.165) is 13.1 Å². The fourth-order valence-electron chi connectivity index (χ4n) is 2.43. The largest absolute Gasteiger partial charge is 0.468 e. The molecule has 0 aromatic carbocycles. The minimum atomic E-state index is -0.126. The maximum absolute atomic E-state index is 11.6. The van der Waals surface area contributed by atoms with E-state index in [4.69, 9.17) is 4.74 Å². The number of piperidine rings is 1. The maximum Gasteiger partial charge on any atom is 0.322 e. The Labute approximate surface area is 105 Å². The van der Waals surface area contributed by atoms with E-state index in [0.29, 0.717) is 12.1 Å². The number of hydrogen-bond acceptors (Lipinski definition) is 4. The predicted molar refractivity (Wildman–Crippen MR) is 69.0 cm³/mol. The van der Waals surface area contributed by atoms with Crippen molar-refractivity contribution >= 4 is 5.97 Å². The van der Waals surface area contributed by atoms with Gasteiger partial charge in [0.15, 0.2) is 0 Å². The molecule has 17 heavy (non-hydrogen) atoms. The van der Waals surface area contributed by atoms with Crippen molar-refractivity contribution in [1.82, 2.24) is 10.2 Å². The number of nitrogens with zero attached hydrogens (tertiary/aromatic N) is 1.